The molecule has 2 N–H and O–H groups in total. The molecule has 0 fully saturated rings. The van der Waals surface area contributed by atoms with Gasteiger partial charge in [0.05, 0.1) is 13.1 Å². The van der Waals surface area contributed by atoms with Crippen molar-refractivity contribution < 1.29 is 9.59 Å². The molecule has 0 saturated carbocycles. The van der Waals surface area contributed by atoms with Crippen LogP contribution in [0.25, 0.3) is 0 Å². The summed E-state index contributed by atoms with van der Waals surface area (Å²) in [5.74, 6) is 0.0881. The number of nitrogens with zero attached hydrogens (tertiary/aromatic N) is 1. The van der Waals surface area contributed by atoms with Crippen molar-refractivity contribution in [3.63, 3.8) is 0 Å². The molecule has 1 atom stereocenters. The monoisotopic (exact) mass is 367 g/mol. The molecule has 2 aromatic rings. The Morgan fingerprint density at radius 1 is 0.963 bits per heavy atom. The van der Waals surface area contributed by atoms with Crippen molar-refractivity contribution >= 4 is 17.5 Å². The number of amides is 2. The lowest BCUT2D eigenvalue weighted by Crippen LogP contribution is -2.40. The van der Waals surface area contributed by atoms with E-state index in [0.29, 0.717) is 12.5 Å². The summed E-state index contributed by atoms with van der Waals surface area (Å²) >= 11 is 0. The van der Waals surface area contributed by atoms with Gasteiger partial charge in [0, 0.05) is 18.2 Å². The minimum Gasteiger partial charge on any atom is -0.354 e. The Balaban J connectivity index is 1.74. The van der Waals surface area contributed by atoms with Gasteiger partial charge in [0.15, 0.2) is 0 Å². The van der Waals surface area contributed by atoms with Crippen LogP contribution in [-0.2, 0) is 9.59 Å². The van der Waals surface area contributed by atoms with Crippen molar-refractivity contribution in [3.8, 4) is 0 Å². The number of carbonyl (C=O) groups is 2. The van der Waals surface area contributed by atoms with Gasteiger partial charge in [-0.25, -0.2) is 0 Å². The number of aryl methyl sites for hydroxylation is 1. The molecule has 5 heteroatoms. The zero-order valence-corrected chi connectivity index (χ0v) is 16.4. The van der Waals surface area contributed by atoms with Crippen molar-refractivity contribution in [2.24, 2.45) is 0 Å². The van der Waals surface area contributed by atoms with Crippen LogP contribution in [0.15, 0.2) is 54.6 Å². The first-order valence-corrected chi connectivity index (χ1v) is 9.34. The molecule has 0 saturated heterocycles. The average Bonchev–Trinajstić information content (AvgIpc) is 2.64. The van der Waals surface area contributed by atoms with Crippen molar-refractivity contribution in [3.05, 3.63) is 65.7 Å². The summed E-state index contributed by atoms with van der Waals surface area (Å²) in [6.07, 6.45) is 0.957. The van der Waals surface area contributed by atoms with E-state index in [1.807, 2.05) is 49.4 Å². The molecule has 2 aromatic carbocycles. The summed E-state index contributed by atoms with van der Waals surface area (Å²) in [5, 5.41) is 5.82. The van der Waals surface area contributed by atoms with Crippen LogP contribution in [0.3, 0.4) is 0 Å². The third kappa shape index (κ3) is 7.23. The standard InChI is InChI=1S/C22H29N3O2/c1-4-18(19-8-6-5-7-9-19)14-23-21(26)15-25(3)16-22(27)24-20-12-10-17(2)11-13-20/h5-13,18H,4,14-16H2,1-3H3,(H,23,26)(H,24,27)/t18-/m1/s1. The third-order valence-corrected chi connectivity index (χ3v) is 4.47. The second kappa shape index (κ2) is 10.5. The van der Waals surface area contributed by atoms with Gasteiger partial charge < -0.3 is 10.6 Å². The maximum atomic E-state index is 12.2. The van der Waals surface area contributed by atoms with Crippen molar-refractivity contribution in [2.45, 2.75) is 26.2 Å². The number of benzene rings is 2. The first kappa shape index (κ1) is 20.6. The molecule has 0 aliphatic rings. The van der Waals surface area contributed by atoms with Gasteiger partial charge in [0.2, 0.25) is 11.8 Å². The maximum Gasteiger partial charge on any atom is 0.238 e. The third-order valence-electron chi connectivity index (χ3n) is 4.47. The van der Waals surface area contributed by atoms with Crippen LogP contribution in [0.2, 0.25) is 0 Å². The van der Waals surface area contributed by atoms with Gasteiger partial charge in [-0.2, -0.15) is 0 Å². The molecule has 5 nitrogen and oxygen atoms in total. The number of hydrogen-bond donors (Lipinski definition) is 2. The first-order valence-electron chi connectivity index (χ1n) is 9.34. The Hall–Kier alpha value is -2.66. The van der Waals surface area contributed by atoms with Crippen LogP contribution >= 0.6 is 0 Å². The van der Waals surface area contributed by atoms with E-state index in [4.69, 9.17) is 0 Å². The molecule has 0 spiro atoms. The first-order chi connectivity index (χ1) is 13.0. The zero-order chi connectivity index (χ0) is 19.6. The number of nitrogens with one attached hydrogen (secondary N) is 2. The Morgan fingerprint density at radius 3 is 2.22 bits per heavy atom. The Labute approximate surface area is 161 Å². The number of anilines is 1. The molecule has 2 rings (SSSR count). The average molecular weight is 367 g/mol. The topological polar surface area (TPSA) is 61.4 Å². The summed E-state index contributed by atoms with van der Waals surface area (Å²) in [6.45, 7) is 5.07. The molecule has 144 valence electrons. The molecule has 27 heavy (non-hydrogen) atoms. The molecule has 0 radical (unpaired) electrons. The maximum absolute atomic E-state index is 12.2. The highest BCUT2D eigenvalue weighted by Crippen LogP contribution is 2.17. The predicted octanol–water partition coefficient (Wildman–Crippen LogP) is 3.18. The number of carbonyl (C=O) groups excluding carboxylic acids is 2. The van der Waals surface area contributed by atoms with E-state index in [1.54, 1.807) is 11.9 Å². The van der Waals surface area contributed by atoms with Crippen LogP contribution in [0.1, 0.15) is 30.4 Å². The van der Waals surface area contributed by atoms with Gasteiger partial charge >= 0.3 is 0 Å². The lowest BCUT2D eigenvalue weighted by molar-refractivity contribution is -0.123. The molecule has 0 aliphatic carbocycles. The largest absolute Gasteiger partial charge is 0.354 e. The summed E-state index contributed by atoms with van der Waals surface area (Å²) in [6, 6.07) is 17.8. The fraction of sp³-hybridized carbons (Fsp3) is 0.364. The van der Waals surface area contributed by atoms with Gasteiger partial charge in [-0.1, -0.05) is 55.0 Å². The molecule has 0 bridgehead atoms. The second-order valence-electron chi connectivity index (χ2n) is 6.91. The van der Waals surface area contributed by atoms with Crippen LogP contribution in [0, 0.1) is 6.92 Å². The van der Waals surface area contributed by atoms with Crippen molar-refractivity contribution in [1.29, 1.82) is 0 Å². The van der Waals surface area contributed by atoms with Crippen LogP contribution in [0.5, 0.6) is 0 Å². The van der Waals surface area contributed by atoms with Gasteiger partial charge in [-0.15, -0.1) is 0 Å². The van der Waals surface area contributed by atoms with E-state index >= 15 is 0 Å². The van der Waals surface area contributed by atoms with E-state index in [1.165, 1.54) is 5.56 Å². The highest BCUT2D eigenvalue weighted by molar-refractivity contribution is 5.92. The van der Waals surface area contributed by atoms with E-state index in [0.717, 1.165) is 17.7 Å². The van der Waals surface area contributed by atoms with Crippen LogP contribution in [-0.4, -0.2) is 43.4 Å². The van der Waals surface area contributed by atoms with Gasteiger partial charge in [0.1, 0.15) is 0 Å². The van der Waals surface area contributed by atoms with E-state index in [2.05, 4.69) is 29.7 Å². The number of hydrogen-bond acceptors (Lipinski definition) is 3. The minimum absolute atomic E-state index is 0.0741. The number of likely N-dealkylation sites (N-methyl/N-ethyl adjacent to an activating group) is 1. The van der Waals surface area contributed by atoms with E-state index in [9.17, 15) is 9.59 Å². The predicted molar refractivity (Wildman–Crippen MR) is 110 cm³/mol. The fourth-order valence-electron chi connectivity index (χ4n) is 2.90. The molecule has 0 aliphatic heterocycles. The van der Waals surface area contributed by atoms with Gasteiger partial charge in [-0.3, -0.25) is 14.5 Å². The van der Waals surface area contributed by atoms with Crippen molar-refractivity contribution in [1.82, 2.24) is 10.2 Å². The molecular weight excluding hydrogens is 338 g/mol. The molecule has 2 amide bonds. The lowest BCUT2D eigenvalue weighted by atomic mass is 9.96. The molecule has 0 aromatic heterocycles. The zero-order valence-electron chi connectivity index (χ0n) is 16.4. The summed E-state index contributed by atoms with van der Waals surface area (Å²) in [4.78, 5) is 26.0. The number of rotatable bonds is 9. The SMILES string of the molecule is CC[C@H](CNC(=O)CN(C)CC(=O)Nc1ccc(C)cc1)c1ccccc1. The molecular formula is C22H29N3O2. The summed E-state index contributed by atoms with van der Waals surface area (Å²) in [7, 11) is 1.77. The van der Waals surface area contributed by atoms with Crippen LogP contribution in [0.4, 0.5) is 5.69 Å². The fourth-order valence-corrected chi connectivity index (χ4v) is 2.90. The van der Waals surface area contributed by atoms with Crippen LogP contribution < -0.4 is 10.6 Å². The molecule has 0 heterocycles. The Morgan fingerprint density at radius 2 is 1.59 bits per heavy atom. The smallest absolute Gasteiger partial charge is 0.238 e. The molecule has 0 unspecified atom stereocenters. The van der Waals surface area contributed by atoms with E-state index in [-0.39, 0.29) is 24.9 Å². The summed E-state index contributed by atoms with van der Waals surface area (Å²) in [5.41, 5.74) is 3.13. The Bertz CT molecular complexity index is 729. The lowest BCUT2D eigenvalue weighted by Gasteiger charge is -2.19. The van der Waals surface area contributed by atoms with E-state index < -0.39 is 0 Å². The second-order valence-corrected chi connectivity index (χ2v) is 6.91. The van der Waals surface area contributed by atoms with Crippen molar-refractivity contribution in [2.75, 3.05) is 32.0 Å². The highest BCUT2D eigenvalue weighted by Gasteiger charge is 2.13. The Kier molecular flexibility index (Phi) is 8.01. The van der Waals surface area contributed by atoms with Gasteiger partial charge in [0.25, 0.3) is 0 Å². The summed E-state index contributed by atoms with van der Waals surface area (Å²) < 4.78 is 0. The highest BCUT2D eigenvalue weighted by atomic mass is 16.2. The minimum atomic E-state index is -0.134. The normalized spacial score (nSPS) is 11.9. The quantitative estimate of drug-likeness (QED) is 0.716. The van der Waals surface area contributed by atoms with Gasteiger partial charge in [-0.05, 0) is 38.1 Å².